The van der Waals surface area contributed by atoms with Crippen LogP contribution in [0.2, 0.25) is 0 Å². The first-order valence-electron chi connectivity index (χ1n) is 0.836. The van der Waals surface area contributed by atoms with E-state index in [0.29, 0.717) is 6.47 Å². The molecule has 0 heterocycles. The number of carbonyl (C=O) groups excluding carboxylic acids is 2. The van der Waals surface area contributed by atoms with Crippen LogP contribution in [-0.2, 0) is 47.1 Å². The molecule has 0 aromatic heterocycles. The van der Waals surface area contributed by atoms with E-state index in [1.165, 1.54) is 0 Å². The molecule has 0 amide bonds. The average Bonchev–Trinajstić information content (AvgIpc) is 1.39. The fourth-order valence-corrected chi connectivity index (χ4v) is 0. The van der Waals surface area contributed by atoms with Gasteiger partial charge in [-0.25, -0.2) is 0 Å². The third-order valence-corrected chi connectivity index (χ3v) is 0. The molecule has 0 aromatic carbocycles. The minimum Gasteiger partial charge on any atom is -0.665 e. The van der Waals surface area contributed by atoms with Crippen molar-refractivity contribution in [2.45, 2.75) is 0 Å². The third-order valence-electron chi connectivity index (χ3n) is 0. The van der Waals surface area contributed by atoms with Crippen LogP contribution in [0.4, 0.5) is 0 Å². The van der Waals surface area contributed by atoms with Gasteiger partial charge in [-0.05, 0) is 0 Å². The van der Waals surface area contributed by atoms with E-state index >= 15 is 0 Å². The predicted octanol–water partition coefficient (Wildman–Crippen LogP) is -0.974. The molecule has 0 rings (SSSR count). The van der Waals surface area contributed by atoms with E-state index in [-0.39, 0.29) is 38.9 Å². The van der Waals surface area contributed by atoms with E-state index in [2.05, 4.69) is 0 Å². The Morgan fingerprint density at radius 2 is 1.43 bits per heavy atom. The molecule has 4 nitrogen and oxygen atoms in total. The number of hydrogen-bond donors (Lipinski definition) is 1. The van der Waals surface area contributed by atoms with Crippen molar-refractivity contribution in [2.75, 3.05) is 0 Å². The standard InChI is InChI=1S/CHO2.CO2.Y/c2*2-1-3;/h(H,2,3);;/q-1;;/i2*1-1;. The van der Waals surface area contributed by atoms with E-state index < -0.39 is 0 Å². The zero-order valence-electron chi connectivity index (χ0n) is 3.25. The van der Waals surface area contributed by atoms with Gasteiger partial charge < -0.3 is 9.90 Å². The van der Waals surface area contributed by atoms with Gasteiger partial charge in [-0.3, -0.25) is 0 Å². The first kappa shape index (κ1) is 15.8. The van der Waals surface area contributed by atoms with Gasteiger partial charge in [0.2, 0.25) is 0 Å². The van der Waals surface area contributed by atoms with Crippen LogP contribution < -0.4 is 0 Å². The Labute approximate surface area is 64.8 Å². The summed E-state index contributed by atoms with van der Waals surface area (Å²) in [5, 5.41) is 6.76. The summed E-state index contributed by atoms with van der Waals surface area (Å²) < 4.78 is 0. The van der Waals surface area contributed by atoms with Crippen LogP contribution in [0.15, 0.2) is 0 Å². The summed E-state index contributed by atoms with van der Waals surface area (Å²) in [6, 6.07) is 0. The molecule has 5 heteroatoms. The molecule has 1 N–H and O–H groups in total. The number of aliphatic hydroxyl groups excluding tert-OH is 1. The molecule has 0 bridgehead atoms. The molecule has 0 aliphatic carbocycles. The van der Waals surface area contributed by atoms with Gasteiger partial charge in [0.15, 0.2) is 0 Å². The van der Waals surface area contributed by atoms with Crippen molar-refractivity contribution < 1.29 is 52.2 Å². The molecule has 0 aliphatic heterocycles. The SMILES string of the molecule is O=[11C-]O.O=[11C]=O.[Y]. The second kappa shape index (κ2) is 38.3. The zero-order valence-corrected chi connectivity index (χ0v) is 6.09. The molecule has 0 fully saturated rings. The summed E-state index contributed by atoms with van der Waals surface area (Å²) in [5.41, 5.74) is 0. The quantitative estimate of drug-likeness (QED) is 0.481. The molecule has 0 unspecified atom stereocenters. The largest absolute Gasteiger partial charge is 0.665 e. The van der Waals surface area contributed by atoms with Gasteiger partial charge in [-0.15, -0.1) is 0 Å². The maximum atomic E-state index is 8.24. The Balaban J connectivity index is -0.0000000400. The molecule has 0 saturated heterocycles. The monoisotopic (exact) mass is 176 g/mol. The number of rotatable bonds is 0. The molecule has 0 atom stereocenters. The Kier molecular flexibility index (Phi) is 86.2. The van der Waals surface area contributed by atoms with Crippen molar-refractivity contribution in [3.05, 3.63) is 0 Å². The van der Waals surface area contributed by atoms with Crippen molar-refractivity contribution in [1.82, 2.24) is 0 Å². The van der Waals surface area contributed by atoms with E-state index in [9.17, 15) is 0 Å². The van der Waals surface area contributed by atoms with Crippen LogP contribution in [0.5, 0.6) is 0 Å². The van der Waals surface area contributed by atoms with Gasteiger partial charge in [0.25, 0.3) is 0 Å². The van der Waals surface area contributed by atoms with Crippen molar-refractivity contribution in [3.8, 4) is 0 Å². The summed E-state index contributed by atoms with van der Waals surface area (Å²) in [7, 11) is 0. The third kappa shape index (κ3) is 43800. The smallest absolute Gasteiger partial charge is 0.373 e. The normalized spacial score (nSPS) is 2.86. The molecule has 0 saturated carbocycles. The maximum Gasteiger partial charge on any atom is 0.373 e. The minimum atomic E-state index is 0. The summed E-state index contributed by atoms with van der Waals surface area (Å²) in [4.78, 5) is 24.5. The average molecular weight is 176 g/mol. The predicted molar refractivity (Wildman–Crippen MR) is 13.3 cm³/mol. The van der Waals surface area contributed by atoms with Crippen molar-refractivity contribution in [2.24, 2.45) is 0 Å². The van der Waals surface area contributed by atoms with Crippen molar-refractivity contribution >= 4 is 12.6 Å². The van der Waals surface area contributed by atoms with Crippen molar-refractivity contribution in [3.63, 3.8) is 0 Å². The van der Waals surface area contributed by atoms with Gasteiger partial charge >= 0.3 is 6.15 Å². The van der Waals surface area contributed by atoms with Crippen LogP contribution >= 0.6 is 0 Å². The summed E-state index contributed by atoms with van der Waals surface area (Å²) in [5.74, 6) is 0. The van der Waals surface area contributed by atoms with Crippen molar-refractivity contribution in [1.29, 1.82) is 0 Å². The second-order valence-corrected chi connectivity index (χ2v) is 0.175. The van der Waals surface area contributed by atoms with E-state index in [1.807, 2.05) is 0 Å². The molecular formula is C2HO4Y-. The van der Waals surface area contributed by atoms with Crippen LogP contribution in [0.1, 0.15) is 0 Å². The maximum absolute atomic E-state index is 8.24. The molecule has 0 aliphatic rings. The van der Waals surface area contributed by atoms with Crippen LogP contribution in [0.25, 0.3) is 0 Å². The minimum absolute atomic E-state index is 0. The van der Waals surface area contributed by atoms with Crippen LogP contribution in [-0.4, -0.2) is 17.7 Å². The molecule has 0 aromatic rings. The first-order chi connectivity index (χ1) is 2.83. The fourth-order valence-electron chi connectivity index (χ4n) is 0. The molecular weight excluding hydrogens is 175 g/mol. The summed E-state index contributed by atoms with van der Waals surface area (Å²) >= 11 is 0. The summed E-state index contributed by atoms with van der Waals surface area (Å²) in [6.07, 6.45) is 0.250. The van der Waals surface area contributed by atoms with E-state index in [4.69, 9.17) is 19.5 Å². The zero-order chi connectivity index (χ0) is 5.41. The molecule has 37 valence electrons. The molecule has 7 heavy (non-hydrogen) atoms. The topological polar surface area (TPSA) is 71.4 Å². The van der Waals surface area contributed by atoms with E-state index in [0.717, 1.165) is 0 Å². The fraction of sp³-hybridized carbons (Fsp3) is 0. The second-order valence-electron chi connectivity index (χ2n) is 0.175. The van der Waals surface area contributed by atoms with Gasteiger partial charge in [0, 0.05) is 32.7 Å². The van der Waals surface area contributed by atoms with Gasteiger partial charge in [-0.2, -0.15) is 9.59 Å². The van der Waals surface area contributed by atoms with Gasteiger partial charge in [0.05, 0.1) is 0 Å². The summed E-state index contributed by atoms with van der Waals surface area (Å²) in [6.45, 7) is 0.500. The van der Waals surface area contributed by atoms with Crippen LogP contribution in [0.3, 0.4) is 0 Å². The Morgan fingerprint density at radius 3 is 1.43 bits per heavy atom. The number of hydrogen-bond acceptors (Lipinski definition) is 3. The Bertz CT molecular complexity index is 54.7. The van der Waals surface area contributed by atoms with E-state index in [1.54, 1.807) is 0 Å². The van der Waals surface area contributed by atoms with Gasteiger partial charge in [-0.1, -0.05) is 6.47 Å². The molecule has 1 radical (unpaired) electrons. The Hall–Kier alpha value is -0.0461. The first-order valence-corrected chi connectivity index (χ1v) is 0.836. The van der Waals surface area contributed by atoms with Gasteiger partial charge in [0.1, 0.15) is 0 Å². The van der Waals surface area contributed by atoms with Crippen LogP contribution in [0, 0.1) is 0 Å². The molecule has 0 spiro atoms. The Morgan fingerprint density at radius 1 is 1.43 bits per heavy atom.